The third kappa shape index (κ3) is 3.70. The van der Waals surface area contributed by atoms with Crippen LogP contribution in [0.25, 0.3) is 0 Å². The van der Waals surface area contributed by atoms with Gasteiger partial charge in [-0.05, 0) is 13.3 Å². The highest BCUT2D eigenvalue weighted by Crippen LogP contribution is 2.11. The molecule has 0 spiro atoms. The summed E-state index contributed by atoms with van der Waals surface area (Å²) in [4.78, 5) is 15.6. The van der Waals surface area contributed by atoms with Crippen molar-refractivity contribution in [1.29, 1.82) is 0 Å². The summed E-state index contributed by atoms with van der Waals surface area (Å²) < 4.78 is 1.45. The van der Waals surface area contributed by atoms with Crippen LogP contribution in [0, 0.1) is 0 Å². The largest absolute Gasteiger partial charge is 0.394 e. The van der Waals surface area contributed by atoms with Crippen LogP contribution < -0.4 is 10.6 Å². The van der Waals surface area contributed by atoms with E-state index in [0.29, 0.717) is 12.4 Å². The van der Waals surface area contributed by atoms with Crippen molar-refractivity contribution in [3.63, 3.8) is 0 Å². The second-order valence-electron chi connectivity index (χ2n) is 4.26. The summed E-state index contributed by atoms with van der Waals surface area (Å²) in [5.41, 5.74) is -0.614. The third-order valence-corrected chi connectivity index (χ3v) is 2.50. The third-order valence-electron chi connectivity index (χ3n) is 2.50. The summed E-state index contributed by atoms with van der Waals surface area (Å²) >= 11 is 0. The number of aliphatic hydroxyl groups excluding tert-OH is 1. The van der Waals surface area contributed by atoms with E-state index in [1.165, 1.54) is 11.0 Å². The van der Waals surface area contributed by atoms with E-state index in [2.05, 4.69) is 20.7 Å². The van der Waals surface area contributed by atoms with Crippen molar-refractivity contribution >= 4 is 12.0 Å². The van der Waals surface area contributed by atoms with E-state index >= 15 is 0 Å². The van der Waals surface area contributed by atoms with Crippen molar-refractivity contribution in [2.75, 3.05) is 11.9 Å². The Kier molecular flexibility index (Phi) is 4.45. The fourth-order valence-electron chi connectivity index (χ4n) is 1.55. The second-order valence-corrected chi connectivity index (χ2v) is 4.26. The first-order valence-electron chi connectivity index (χ1n) is 5.55. The fourth-order valence-corrected chi connectivity index (χ4v) is 1.55. The van der Waals surface area contributed by atoms with Gasteiger partial charge in [-0.1, -0.05) is 13.3 Å². The number of aryl methyl sites for hydroxylation is 1. The molecule has 7 heteroatoms. The number of nitrogens with zero attached hydrogens (tertiary/aromatic N) is 3. The molecule has 0 saturated heterocycles. The van der Waals surface area contributed by atoms with Gasteiger partial charge in [0.05, 0.1) is 12.1 Å². The Hall–Kier alpha value is -1.63. The number of carbonyl (C=O) groups excluding carboxylic acids is 1. The molecule has 1 aromatic rings. The minimum absolute atomic E-state index is 0.104. The van der Waals surface area contributed by atoms with Crippen LogP contribution in [0.15, 0.2) is 6.33 Å². The van der Waals surface area contributed by atoms with Crippen LogP contribution in [0.2, 0.25) is 0 Å². The van der Waals surface area contributed by atoms with Gasteiger partial charge < -0.3 is 10.4 Å². The number of rotatable bonds is 5. The SMILES string of the molecule is CCCC(C)(CO)NC(=O)Nc1ncnn1C. The van der Waals surface area contributed by atoms with Crippen molar-refractivity contribution in [3.05, 3.63) is 6.33 Å². The molecule has 17 heavy (non-hydrogen) atoms. The van der Waals surface area contributed by atoms with Crippen LogP contribution in [0.1, 0.15) is 26.7 Å². The quantitative estimate of drug-likeness (QED) is 0.699. The summed E-state index contributed by atoms with van der Waals surface area (Å²) in [5.74, 6) is 0.360. The molecule has 3 N–H and O–H groups in total. The zero-order chi connectivity index (χ0) is 12.9. The topological polar surface area (TPSA) is 92.1 Å². The van der Waals surface area contributed by atoms with Crippen LogP contribution in [0.5, 0.6) is 0 Å². The van der Waals surface area contributed by atoms with Gasteiger partial charge in [0.1, 0.15) is 6.33 Å². The number of nitrogens with one attached hydrogen (secondary N) is 2. The fraction of sp³-hybridized carbons (Fsp3) is 0.700. The number of hydrogen-bond donors (Lipinski definition) is 3. The molecule has 1 unspecified atom stereocenters. The van der Waals surface area contributed by atoms with Gasteiger partial charge in [0.15, 0.2) is 0 Å². The zero-order valence-corrected chi connectivity index (χ0v) is 10.4. The number of carbonyl (C=O) groups is 1. The molecule has 0 bridgehead atoms. The Morgan fingerprint density at radius 3 is 2.82 bits per heavy atom. The lowest BCUT2D eigenvalue weighted by atomic mass is 9.98. The van der Waals surface area contributed by atoms with E-state index in [1.54, 1.807) is 14.0 Å². The van der Waals surface area contributed by atoms with E-state index in [4.69, 9.17) is 0 Å². The molecule has 1 atom stereocenters. The van der Waals surface area contributed by atoms with Gasteiger partial charge in [0.25, 0.3) is 0 Å². The second kappa shape index (κ2) is 5.62. The molecule has 0 saturated carbocycles. The van der Waals surface area contributed by atoms with Gasteiger partial charge in [-0.15, -0.1) is 0 Å². The number of anilines is 1. The summed E-state index contributed by atoms with van der Waals surface area (Å²) in [6, 6.07) is -0.397. The average molecular weight is 241 g/mol. The van der Waals surface area contributed by atoms with Gasteiger partial charge in [-0.3, -0.25) is 5.32 Å². The molecule has 1 heterocycles. The molecular formula is C10H19N5O2. The predicted molar refractivity (Wildman–Crippen MR) is 63.6 cm³/mol. The highest BCUT2D eigenvalue weighted by molar-refractivity contribution is 5.87. The summed E-state index contributed by atoms with van der Waals surface area (Å²) in [5, 5.41) is 18.4. The Morgan fingerprint density at radius 1 is 1.65 bits per heavy atom. The number of hydrogen-bond acceptors (Lipinski definition) is 4. The van der Waals surface area contributed by atoms with Crippen molar-refractivity contribution in [3.8, 4) is 0 Å². The average Bonchev–Trinajstić information content (AvgIpc) is 2.64. The number of urea groups is 1. The maximum absolute atomic E-state index is 11.7. The Labute approximate surface area is 100 Å². The molecule has 1 rings (SSSR count). The molecule has 2 amide bonds. The monoisotopic (exact) mass is 241 g/mol. The first kappa shape index (κ1) is 13.4. The van der Waals surface area contributed by atoms with Crippen molar-refractivity contribution in [1.82, 2.24) is 20.1 Å². The molecule has 0 aliphatic carbocycles. The Bertz CT molecular complexity index is 379. The molecule has 0 aliphatic heterocycles. The first-order chi connectivity index (χ1) is 8.00. The molecule has 0 radical (unpaired) electrons. The van der Waals surface area contributed by atoms with Crippen LogP contribution >= 0.6 is 0 Å². The van der Waals surface area contributed by atoms with Gasteiger partial charge in [0, 0.05) is 7.05 Å². The molecule has 0 fully saturated rings. The standard InChI is InChI=1S/C10H19N5O2/c1-4-5-10(2,6-16)14-9(17)13-8-11-7-12-15(8)3/h7,16H,4-6H2,1-3H3,(H2,11,12,13,14,17). The number of amides is 2. The molecule has 0 aromatic carbocycles. The molecule has 96 valence electrons. The Balaban J connectivity index is 2.57. The predicted octanol–water partition coefficient (Wildman–Crippen LogP) is 0.488. The van der Waals surface area contributed by atoms with E-state index in [0.717, 1.165) is 6.42 Å². The maximum atomic E-state index is 11.7. The highest BCUT2D eigenvalue weighted by Gasteiger charge is 2.24. The van der Waals surface area contributed by atoms with Gasteiger partial charge in [-0.2, -0.15) is 10.1 Å². The Morgan fingerprint density at radius 2 is 2.35 bits per heavy atom. The van der Waals surface area contributed by atoms with Crippen molar-refractivity contribution < 1.29 is 9.90 Å². The number of aliphatic hydroxyl groups is 1. The highest BCUT2D eigenvalue weighted by atomic mass is 16.3. The minimum atomic E-state index is -0.614. The van der Waals surface area contributed by atoms with Crippen molar-refractivity contribution in [2.45, 2.75) is 32.2 Å². The van der Waals surface area contributed by atoms with Crippen molar-refractivity contribution in [2.24, 2.45) is 7.05 Å². The van der Waals surface area contributed by atoms with Crippen LogP contribution in [0.4, 0.5) is 10.7 Å². The van der Waals surface area contributed by atoms with Crippen LogP contribution in [-0.4, -0.2) is 38.0 Å². The van der Waals surface area contributed by atoms with E-state index in [9.17, 15) is 9.90 Å². The van der Waals surface area contributed by atoms with Crippen LogP contribution in [-0.2, 0) is 7.05 Å². The lowest BCUT2D eigenvalue weighted by molar-refractivity contribution is 0.167. The molecular weight excluding hydrogens is 222 g/mol. The molecule has 0 aliphatic rings. The summed E-state index contributed by atoms with van der Waals surface area (Å²) in [6.45, 7) is 3.69. The van der Waals surface area contributed by atoms with Gasteiger partial charge in [-0.25, -0.2) is 9.48 Å². The lowest BCUT2D eigenvalue weighted by Gasteiger charge is -2.28. The normalized spacial score (nSPS) is 14.1. The number of aromatic nitrogens is 3. The van der Waals surface area contributed by atoms with E-state index in [-0.39, 0.29) is 6.61 Å². The minimum Gasteiger partial charge on any atom is -0.394 e. The molecule has 1 aromatic heterocycles. The first-order valence-corrected chi connectivity index (χ1v) is 5.55. The molecule has 7 nitrogen and oxygen atoms in total. The van der Waals surface area contributed by atoms with E-state index < -0.39 is 11.6 Å². The maximum Gasteiger partial charge on any atom is 0.322 e. The summed E-state index contributed by atoms with van der Waals surface area (Å²) in [6.07, 6.45) is 2.93. The lowest BCUT2D eigenvalue weighted by Crippen LogP contribution is -2.50. The van der Waals surface area contributed by atoms with Gasteiger partial charge in [0.2, 0.25) is 5.95 Å². The smallest absolute Gasteiger partial charge is 0.322 e. The summed E-state index contributed by atoms with van der Waals surface area (Å²) in [7, 11) is 1.68. The zero-order valence-electron chi connectivity index (χ0n) is 10.4. The van der Waals surface area contributed by atoms with E-state index in [1.807, 2.05) is 6.92 Å². The van der Waals surface area contributed by atoms with Gasteiger partial charge >= 0.3 is 6.03 Å². The van der Waals surface area contributed by atoms with Crippen LogP contribution in [0.3, 0.4) is 0 Å².